The maximum atomic E-state index is 13.1. The van der Waals surface area contributed by atoms with Crippen LogP contribution in [0.25, 0.3) is 0 Å². The topological polar surface area (TPSA) is 146 Å². The van der Waals surface area contributed by atoms with E-state index in [2.05, 4.69) is 0 Å². The fourth-order valence-corrected chi connectivity index (χ4v) is 6.87. The van der Waals surface area contributed by atoms with E-state index >= 15 is 0 Å². The Bertz CT molecular complexity index is 958. The monoisotopic (exact) mass is 439 g/mol. The number of carbonyl (C=O) groups is 2. The summed E-state index contributed by atoms with van der Waals surface area (Å²) >= 11 is 5.97. The van der Waals surface area contributed by atoms with Crippen LogP contribution >= 0.6 is 11.6 Å². The van der Waals surface area contributed by atoms with Crippen LogP contribution in [0, 0.1) is 0 Å². The zero-order valence-electron chi connectivity index (χ0n) is 14.0. The van der Waals surface area contributed by atoms with Gasteiger partial charge < -0.3 is 10.2 Å². The summed E-state index contributed by atoms with van der Waals surface area (Å²) in [5, 5.41) is 17.7. The van der Waals surface area contributed by atoms with E-state index in [-0.39, 0.29) is 47.9 Å². The molecule has 9 nitrogen and oxygen atoms in total. The molecule has 1 aromatic carbocycles. The maximum Gasteiger partial charge on any atom is 0.335 e. The molecule has 2 N–H and O–H groups in total. The minimum absolute atomic E-state index is 0.0264. The Balaban J connectivity index is 2.45. The molecule has 0 bridgehead atoms. The second kappa shape index (κ2) is 8.13. The number of hydrogen-bond donors (Lipinski definition) is 2. The van der Waals surface area contributed by atoms with Gasteiger partial charge in [-0.05, 0) is 31.0 Å². The minimum Gasteiger partial charge on any atom is -0.481 e. The van der Waals surface area contributed by atoms with Crippen LogP contribution < -0.4 is 0 Å². The van der Waals surface area contributed by atoms with E-state index in [4.69, 9.17) is 21.8 Å². The Morgan fingerprint density at radius 3 is 2.44 bits per heavy atom. The Hall–Kier alpha value is -1.69. The molecule has 0 unspecified atom stereocenters. The van der Waals surface area contributed by atoms with E-state index in [9.17, 15) is 26.4 Å². The van der Waals surface area contributed by atoms with Gasteiger partial charge in [0.25, 0.3) is 0 Å². The van der Waals surface area contributed by atoms with Gasteiger partial charge >= 0.3 is 11.9 Å². The van der Waals surface area contributed by atoms with Crippen LogP contribution in [0.5, 0.6) is 0 Å². The average Bonchev–Trinajstić information content (AvgIpc) is 2.90. The van der Waals surface area contributed by atoms with Crippen molar-refractivity contribution in [3.63, 3.8) is 0 Å². The molecule has 0 spiro atoms. The number of aliphatic carboxylic acids is 1. The number of nitrogens with zero attached hydrogens (tertiary/aromatic N) is 1. The number of carboxylic acids is 2. The highest BCUT2D eigenvalue weighted by Gasteiger charge is 2.39. The zero-order chi connectivity index (χ0) is 20.4. The van der Waals surface area contributed by atoms with Crippen molar-refractivity contribution in [2.45, 2.75) is 30.2 Å². The molecule has 0 saturated carbocycles. The molecule has 1 aliphatic rings. The van der Waals surface area contributed by atoms with Crippen molar-refractivity contribution in [1.82, 2.24) is 4.31 Å². The van der Waals surface area contributed by atoms with Crippen LogP contribution in [-0.4, -0.2) is 67.4 Å². The number of sulfonamides is 1. The second-order valence-electron chi connectivity index (χ2n) is 6.12. The number of carboxylic acid groups (broad SMARTS) is 2. The molecule has 1 aliphatic heterocycles. The van der Waals surface area contributed by atoms with Crippen molar-refractivity contribution >= 4 is 43.4 Å². The molecule has 1 saturated heterocycles. The first kappa shape index (κ1) is 21.6. The van der Waals surface area contributed by atoms with E-state index in [0.717, 1.165) is 22.5 Å². The normalized spacial score (nSPS) is 19.3. The first-order chi connectivity index (χ1) is 12.4. The smallest absolute Gasteiger partial charge is 0.335 e. The van der Waals surface area contributed by atoms with Crippen LogP contribution in [-0.2, 0) is 24.7 Å². The fourth-order valence-electron chi connectivity index (χ4n) is 2.85. The lowest BCUT2D eigenvalue weighted by atomic mass is 10.2. The minimum atomic E-state index is -4.34. The van der Waals surface area contributed by atoms with E-state index in [1.165, 1.54) is 0 Å². The van der Waals surface area contributed by atoms with Crippen molar-refractivity contribution in [3.05, 3.63) is 28.8 Å². The van der Waals surface area contributed by atoms with E-state index in [1.807, 2.05) is 0 Å². The highest BCUT2D eigenvalue weighted by atomic mass is 35.5. The van der Waals surface area contributed by atoms with Crippen molar-refractivity contribution < 1.29 is 36.6 Å². The molecular weight excluding hydrogens is 422 g/mol. The quantitative estimate of drug-likeness (QED) is 0.611. The van der Waals surface area contributed by atoms with Gasteiger partial charge in [-0.2, -0.15) is 4.31 Å². The summed E-state index contributed by atoms with van der Waals surface area (Å²) in [4.78, 5) is 21.4. The molecule has 1 fully saturated rings. The summed E-state index contributed by atoms with van der Waals surface area (Å²) in [5.41, 5.74) is -0.289. The standard InChI is InChI=1S/C15H18ClNO8S2/c16-12-4-3-10(15(20)21)8-13(12)27(24,25)17(6-1-2-14(18)19)11-5-7-26(22,23)9-11/h3-4,8,11H,1-2,5-7,9H2,(H,18,19)(H,20,21)/t11-/m1/s1. The lowest BCUT2D eigenvalue weighted by Gasteiger charge is -2.27. The lowest BCUT2D eigenvalue weighted by Crippen LogP contribution is -2.42. The van der Waals surface area contributed by atoms with Crippen LogP contribution in [0.2, 0.25) is 5.02 Å². The predicted molar refractivity (Wildman–Crippen MR) is 96.2 cm³/mol. The molecule has 0 amide bonds. The summed E-state index contributed by atoms with van der Waals surface area (Å²) in [6.45, 7) is -0.220. The Kier molecular flexibility index (Phi) is 6.51. The average molecular weight is 440 g/mol. The Morgan fingerprint density at radius 1 is 1.26 bits per heavy atom. The Labute approximate surface area is 161 Å². The third-order valence-electron chi connectivity index (χ3n) is 4.15. The molecule has 2 rings (SSSR count). The summed E-state index contributed by atoms with van der Waals surface area (Å²) in [7, 11) is -7.74. The van der Waals surface area contributed by atoms with Crippen LogP contribution in [0.1, 0.15) is 29.6 Å². The maximum absolute atomic E-state index is 13.1. The Morgan fingerprint density at radius 2 is 1.93 bits per heavy atom. The molecular formula is C15H18ClNO8S2. The van der Waals surface area contributed by atoms with Gasteiger partial charge in [0.05, 0.1) is 22.1 Å². The number of sulfone groups is 1. The van der Waals surface area contributed by atoms with Crippen molar-refractivity contribution in [3.8, 4) is 0 Å². The van der Waals surface area contributed by atoms with Crippen LogP contribution in [0.4, 0.5) is 0 Å². The number of hydrogen-bond acceptors (Lipinski definition) is 6. The van der Waals surface area contributed by atoms with Gasteiger partial charge in [0.2, 0.25) is 10.0 Å². The molecule has 1 aromatic rings. The van der Waals surface area contributed by atoms with Gasteiger partial charge in [0.1, 0.15) is 4.90 Å². The largest absolute Gasteiger partial charge is 0.481 e. The van der Waals surface area contributed by atoms with E-state index in [0.29, 0.717) is 0 Å². The van der Waals surface area contributed by atoms with Gasteiger partial charge in [0.15, 0.2) is 9.84 Å². The molecule has 150 valence electrons. The highest BCUT2D eigenvalue weighted by Crippen LogP contribution is 2.30. The van der Waals surface area contributed by atoms with Gasteiger partial charge in [-0.25, -0.2) is 21.6 Å². The predicted octanol–water partition coefficient (Wildman–Crippen LogP) is 1.08. The number of halogens is 1. The first-order valence-corrected chi connectivity index (χ1v) is 11.5. The molecule has 1 heterocycles. The zero-order valence-corrected chi connectivity index (χ0v) is 16.4. The fraction of sp³-hybridized carbons (Fsp3) is 0.467. The highest BCUT2D eigenvalue weighted by molar-refractivity contribution is 7.92. The van der Waals surface area contributed by atoms with Crippen molar-refractivity contribution in [1.29, 1.82) is 0 Å². The second-order valence-corrected chi connectivity index (χ2v) is 10.6. The molecule has 0 aromatic heterocycles. The van der Waals surface area contributed by atoms with Gasteiger partial charge in [-0.1, -0.05) is 11.6 Å². The van der Waals surface area contributed by atoms with E-state index < -0.39 is 42.7 Å². The number of aromatic carboxylic acids is 1. The number of rotatable bonds is 8. The van der Waals surface area contributed by atoms with Gasteiger partial charge in [0, 0.05) is 19.0 Å². The third-order valence-corrected chi connectivity index (χ3v) is 8.33. The van der Waals surface area contributed by atoms with Crippen LogP contribution in [0.15, 0.2) is 23.1 Å². The molecule has 27 heavy (non-hydrogen) atoms. The third kappa shape index (κ3) is 5.18. The first-order valence-electron chi connectivity index (χ1n) is 7.91. The molecule has 0 aliphatic carbocycles. The summed E-state index contributed by atoms with van der Waals surface area (Å²) in [5.74, 6) is -3.01. The molecule has 12 heteroatoms. The summed E-state index contributed by atoms with van der Waals surface area (Å²) in [6, 6.07) is 2.34. The summed E-state index contributed by atoms with van der Waals surface area (Å²) in [6.07, 6.45) is -0.249. The molecule has 0 radical (unpaired) electrons. The van der Waals surface area contributed by atoms with Crippen molar-refractivity contribution in [2.75, 3.05) is 18.1 Å². The molecule has 1 atom stereocenters. The SMILES string of the molecule is O=C(O)CCCN([C@@H]1CCS(=O)(=O)C1)S(=O)(=O)c1cc(C(=O)O)ccc1Cl. The van der Waals surface area contributed by atoms with Gasteiger partial charge in [-0.3, -0.25) is 4.79 Å². The van der Waals surface area contributed by atoms with Gasteiger partial charge in [-0.15, -0.1) is 0 Å². The number of benzene rings is 1. The van der Waals surface area contributed by atoms with Crippen molar-refractivity contribution in [2.24, 2.45) is 0 Å². The lowest BCUT2D eigenvalue weighted by molar-refractivity contribution is -0.137. The van der Waals surface area contributed by atoms with E-state index in [1.54, 1.807) is 0 Å². The summed E-state index contributed by atoms with van der Waals surface area (Å²) < 4.78 is 50.7. The van der Waals surface area contributed by atoms with Crippen LogP contribution in [0.3, 0.4) is 0 Å².